The molecule has 0 aliphatic rings. The van der Waals surface area contributed by atoms with Crippen LogP contribution in [0.1, 0.15) is 18.9 Å². The minimum Gasteiger partial charge on any atom is -0.382 e. The molecule has 90 valence electrons. The monoisotopic (exact) mass is 245 g/mol. The highest BCUT2D eigenvalue weighted by molar-refractivity contribution is 6.30. The Morgan fingerprint density at radius 1 is 1.50 bits per heavy atom. The van der Waals surface area contributed by atoms with Crippen LogP contribution in [0, 0.1) is 5.82 Å². The van der Waals surface area contributed by atoms with Gasteiger partial charge in [0, 0.05) is 13.2 Å². The molecular formula is C12H17ClFNO. The molecule has 0 radical (unpaired) electrons. The molecule has 2 nitrogen and oxygen atoms in total. The molecule has 2 unspecified atom stereocenters. The zero-order chi connectivity index (χ0) is 12.1. The molecule has 0 fully saturated rings. The Morgan fingerprint density at radius 3 is 2.75 bits per heavy atom. The summed E-state index contributed by atoms with van der Waals surface area (Å²) < 4.78 is 18.1. The number of benzene rings is 1. The van der Waals surface area contributed by atoms with Crippen molar-refractivity contribution < 1.29 is 9.13 Å². The van der Waals surface area contributed by atoms with E-state index in [4.69, 9.17) is 22.1 Å². The second-order valence-electron chi connectivity index (χ2n) is 3.99. The smallest absolute Gasteiger partial charge is 0.141 e. The molecule has 1 aromatic carbocycles. The molecule has 16 heavy (non-hydrogen) atoms. The van der Waals surface area contributed by atoms with Crippen LogP contribution in [-0.2, 0) is 11.2 Å². The van der Waals surface area contributed by atoms with Gasteiger partial charge in [0.15, 0.2) is 0 Å². The van der Waals surface area contributed by atoms with Crippen LogP contribution >= 0.6 is 11.6 Å². The highest BCUT2D eigenvalue weighted by Crippen LogP contribution is 2.17. The maximum atomic E-state index is 12.9. The highest BCUT2D eigenvalue weighted by atomic mass is 35.5. The van der Waals surface area contributed by atoms with Gasteiger partial charge in [-0.05, 0) is 37.5 Å². The molecule has 0 bridgehead atoms. The number of halogens is 2. The van der Waals surface area contributed by atoms with E-state index in [1.54, 1.807) is 19.2 Å². The average molecular weight is 246 g/mol. The first-order valence-corrected chi connectivity index (χ1v) is 5.63. The predicted molar refractivity (Wildman–Crippen MR) is 64.2 cm³/mol. The summed E-state index contributed by atoms with van der Waals surface area (Å²) in [6.07, 6.45) is 1.57. The molecule has 1 aromatic rings. The van der Waals surface area contributed by atoms with Crippen LogP contribution in [0.2, 0.25) is 5.02 Å². The van der Waals surface area contributed by atoms with Gasteiger partial charge >= 0.3 is 0 Å². The van der Waals surface area contributed by atoms with E-state index in [0.717, 1.165) is 12.0 Å². The molecule has 0 saturated heterocycles. The number of nitrogens with two attached hydrogens (primary N) is 1. The lowest BCUT2D eigenvalue weighted by atomic mass is 10.0. The SMILES string of the molecule is COC(C)CC(N)Cc1ccc(F)c(Cl)c1. The number of hydrogen-bond acceptors (Lipinski definition) is 2. The number of hydrogen-bond donors (Lipinski definition) is 1. The summed E-state index contributed by atoms with van der Waals surface area (Å²) in [5.74, 6) is -0.399. The Morgan fingerprint density at radius 2 is 2.19 bits per heavy atom. The van der Waals surface area contributed by atoms with E-state index in [2.05, 4.69) is 0 Å². The van der Waals surface area contributed by atoms with Crippen LogP contribution in [0.4, 0.5) is 4.39 Å². The van der Waals surface area contributed by atoms with Crippen molar-refractivity contribution in [3.8, 4) is 0 Å². The Hall–Kier alpha value is -0.640. The van der Waals surface area contributed by atoms with Crippen LogP contribution in [0.5, 0.6) is 0 Å². The summed E-state index contributed by atoms with van der Waals surface area (Å²) in [5, 5.41) is 0.143. The fourth-order valence-corrected chi connectivity index (χ4v) is 1.78. The van der Waals surface area contributed by atoms with Gasteiger partial charge in [-0.3, -0.25) is 0 Å². The van der Waals surface area contributed by atoms with Gasteiger partial charge in [0.25, 0.3) is 0 Å². The van der Waals surface area contributed by atoms with Crippen LogP contribution in [0.25, 0.3) is 0 Å². The summed E-state index contributed by atoms with van der Waals surface area (Å²) in [5.41, 5.74) is 6.90. The van der Waals surface area contributed by atoms with Gasteiger partial charge in [0.1, 0.15) is 5.82 Å². The molecule has 2 N–H and O–H groups in total. The molecule has 4 heteroatoms. The third-order valence-corrected chi connectivity index (χ3v) is 2.81. The first-order chi connectivity index (χ1) is 7.52. The minimum atomic E-state index is -0.399. The van der Waals surface area contributed by atoms with E-state index in [1.165, 1.54) is 6.07 Å². The molecule has 0 aromatic heterocycles. The molecule has 0 spiro atoms. The Balaban J connectivity index is 2.56. The summed E-state index contributed by atoms with van der Waals surface area (Å²) in [6, 6.07) is 4.69. The number of ether oxygens (including phenoxy) is 1. The van der Waals surface area contributed by atoms with E-state index in [9.17, 15) is 4.39 Å². The van der Waals surface area contributed by atoms with E-state index in [1.807, 2.05) is 6.92 Å². The van der Waals surface area contributed by atoms with Gasteiger partial charge in [-0.15, -0.1) is 0 Å². The molecule has 0 amide bonds. The maximum Gasteiger partial charge on any atom is 0.141 e. The van der Waals surface area contributed by atoms with Crippen molar-refractivity contribution >= 4 is 11.6 Å². The Bertz CT molecular complexity index is 346. The molecule has 0 aliphatic carbocycles. The lowest BCUT2D eigenvalue weighted by molar-refractivity contribution is 0.104. The van der Waals surface area contributed by atoms with E-state index >= 15 is 0 Å². The first kappa shape index (κ1) is 13.4. The summed E-state index contributed by atoms with van der Waals surface area (Å²) in [4.78, 5) is 0. The lowest BCUT2D eigenvalue weighted by Crippen LogP contribution is -2.27. The quantitative estimate of drug-likeness (QED) is 0.866. The molecule has 0 saturated carbocycles. The van der Waals surface area contributed by atoms with Crippen molar-refractivity contribution in [2.45, 2.75) is 31.9 Å². The van der Waals surface area contributed by atoms with Gasteiger partial charge in [-0.1, -0.05) is 17.7 Å². The van der Waals surface area contributed by atoms with E-state index in [0.29, 0.717) is 6.42 Å². The van der Waals surface area contributed by atoms with Gasteiger partial charge in [0.05, 0.1) is 11.1 Å². The molecule has 0 aliphatic heterocycles. The minimum absolute atomic E-state index is 0.00326. The zero-order valence-corrected chi connectivity index (χ0v) is 10.3. The van der Waals surface area contributed by atoms with Crippen molar-refractivity contribution in [2.75, 3.05) is 7.11 Å². The largest absolute Gasteiger partial charge is 0.382 e. The Labute approximate surface area is 101 Å². The van der Waals surface area contributed by atoms with E-state index < -0.39 is 5.82 Å². The summed E-state index contributed by atoms with van der Waals surface area (Å²) in [7, 11) is 1.66. The van der Waals surface area contributed by atoms with Gasteiger partial charge in [-0.2, -0.15) is 0 Å². The van der Waals surface area contributed by atoms with Crippen LogP contribution in [0.3, 0.4) is 0 Å². The van der Waals surface area contributed by atoms with Crippen LogP contribution in [-0.4, -0.2) is 19.3 Å². The highest BCUT2D eigenvalue weighted by Gasteiger charge is 2.10. The third kappa shape index (κ3) is 4.08. The van der Waals surface area contributed by atoms with Crippen molar-refractivity contribution in [1.29, 1.82) is 0 Å². The lowest BCUT2D eigenvalue weighted by Gasteiger charge is -2.16. The molecule has 1 rings (SSSR count). The second-order valence-corrected chi connectivity index (χ2v) is 4.40. The fourth-order valence-electron chi connectivity index (χ4n) is 1.58. The average Bonchev–Trinajstić information content (AvgIpc) is 2.23. The Kier molecular flexibility index (Phi) is 5.19. The van der Waals surface area contributed by atoms with Crippen molar-refractivity contribution in [3.63, 3.8) is 0 Å². The summed E-state index contributed by atoms with van der Waals surface area (Å²) >= 11 is 5.69. The predicted octanol–water partition coefficient (Wildman–Crippen LogP) is 2.77. The normalized spacial score (nSPS) is 14.8. The molecule has 0 heterocycles. The fraction of sp³-hybridized carbons (Fsp3) is 0.500. The van der Waals surface area contributed by atoms with Gasteiger partial charge in [-0.25, -0.2) is 4.39 Å². The molecular weight excluding hydrogens is 229 g/mol. The first-order valence-electron chi connectivity index (χ1n) is 5.25. The van der Waals surface area contributed by atoms with Crippen molar-refractivity contribution in [3.05, 3.63) is 34.6 Å². The number of methoxy groups -OCH3 is 1. The number of rotatable bonds is 5. The van der Waals surface area contributed by atoms with Crippen molar-refractivity contribution in [2.24, 2.45) is 5.73 Å². The van der Waals surface area contributed by atoms with Gasteiger partial charge < -0.3 is 10.5 Å². The van der Waals surface area contributed by atoms with Crippen molar-refractivity contribution in [1.82, 2.24) is 0 Å². The third-order valence-electron chi connectivity index (χ3n) is 2.52. The molecule has 2 atom stereocenters. The standard InChI is InChI=1S/C12H17ClFNO/c1-8(16-2)5-10(15)6-9-3-4-12(14)11(13)7-9/h3-4,7-8,10H,5-6,15H2,1-2H3. The second kappa shape index (κ2) is 6.18. The van der Waals surface area contributed by atoms with E-state index in [-0.39, 0.29) is 17.2 Å². The topological polar surface area (TPSA) is 35.2 Å². The maximum absolute atomic E-state index is 12.9. The summed E-state index contributed by atoms with van der Waals surface area (Å²) in [6.45, 7) is 1.97. The van der Waals surface area contributed by atoms with Gasteiger partial charge in [0.2, 0.25) is 0 Å². The zero-order valence-electron chi connectivity index (χ0n) is 9.54. The van der Waals surface area contributed by atoms with Crippen LogP contribution in [0.15, 0.2) is 18.2 Å². The van der Waals surface area contributed by atoms with Crippen LogP contribution < -0.4 is 5.73 Å².